The van der Waals surface area contributed by atoms with Crippen LogP contribution in [0.15, 0.2) is 99.6 Å². The molecule has 4 heteroatoms. The first-order chi connectivity index (χ1) is 20.1. The molecule has 4 aliphatic carbocycles. The lowest BCUT2D eigenvalue weighted by molar-refractivity contribution is -0.222. The zero-order valence-corrected chi connectivity index (χ0v) is 26.8. The second kappa shape index (κ2) is 11.4. The normalized spacial score (nSPS) is 27.8. The zero-order chi connectivity index (χ0) is 29.5. The van der Waals surface area contributed by atoms with Crippen LogP contribution in [0.4, 0.5) is 0 Å². The molecule has 0 aliphatic heterocycles. The lowest BCUT2D eigenvalue weighted by Gasteiger charge is -2.60. The number of carbonyl (C=O) groups excluding carboxylic acids is 1. The zero-order valence-electron chi connectivity index (χ0n) is 26.0. The fourth-order valence-electron chi connectivity index (χ4n) is 8.47. The van der Waals surface area contributed by atoms with Crippen molar-refractivity contribution in [3.05, 3.63) is 84.9 Å². The Balaban J connectivity index is 1.23. The third-order valence-electron chi connectivity index (χ3n) is 10.2. The highest BCUT2D eigenvalue weighted by atomic mass is 32.2. The predicted molar refractivity (Wildman–Crippen MR) is 171 cm³/mol. The molecule has 0 heterocycles. The van der Waals surface area contributed by atoms with Gasteiger partial charge in [-0.3, -0.25) is 4.79 Å². The van der Waals surface area contributed by atoms with Crippen molar-refractivity contribution in [3.8, 4) is 5.75 Å². The number of ether oxygens (including phenoxy) is 2. The van der Waals surface area contributed by atoms with Gasteiger partial charge in [0, 0.05) is 6.42 Å². The fourth-order valence-corrected chi connectivity index (χ4v) is 10.5. The number of hydrogen-bond acceptors (Lipinski definition) is 3. The van der Waals surface area contributed by atoms with E-state index in [0.717, 1.165) is 44.3 Å². The van der Waals surface area contributed by atoms with Crippen molar-refractivity contribution in [2.45, 2.75) is 105 Å². The van der Waals surface area contributed by atoms with Gasteiger partial charge in [0.1, 0.15) is 17.0 Å². The van der Waals surface area contributed by atoms with E-state index in [0.29, 0.717) is 17.8 Å². The van der Waals surface area contributed by atoms with E-state index >= 15 is 0 Å². The summed E-state index contributed by atoms with van der Waals surface area (Å²) in [5.74, 6) is 2.75. The number of carbonyl (C=O) groups is 1. The third-order valence-corrected chi connectivity index (χ3v) is 12.4. The maximum absolute atomic E-state index is 13.9. The summed E-state index contributed by atoms with van der Waals surface area (Å²) < 4.78 is 13.6. The second-order valence-electron chi connectivity index (χ2n) is 14.4. The second-order valence-corrected chi connectivity index (χ2v) is 16.4. The van der Waals surface area contributed by atoms with Gasteiger partial charge in [0.05, 0.1) is 16.3 Å². The summed E-state index contributed by atoms with van der Waals surface area (Å²) in [6, 6.07) is 30.4. The van der Waals surface area contributed by atoms with Crippen molar-refractivity contribution in [3.63, 3.8) is 0 Å². The van der Waals surface area contributed by atoms with Crippen LogP contribution in [0.1, 0.15) is 79.6 Å². The quantitative estimate of drug-likeness (QED) is 0.176. The molecule has 0 aromatic heterocycles. The fraction of sp³-hybridized carbons (Fsp3) is 0.500. The van der Waals surface area contributed by atoms with Crippen LogP contribution in [0.3, 0.4) is 0 Å². The van der Waals surface area contributed by atoms with Gasteiger partial charge < -0.3 is 9.47 Å². The molecule has 222 valence electrons. The summed E-state index contributed by atoms with van der Waals surface area (Å²) in [5, 5.41) is 0. The van der Waals surface area contributed by atoms with Crippen molar-refractivity contribution in [2.24, 2.45) is 29.1 Å². The molecule has 3 nitrogen and oxygen atoms in total. The van der Waals surface area contributed by atoms with Crippen molar-refractivity contribution >= 4 is 16.9 Å². The first-order valence-corrected chi connectivity index (χ1v) is 17.2. The van der Waals surface area contributed by atoms with E-state index < -0.39 is 5.41 Å². The number of hydrogen-bond donors (Lipinski definition) is 0. The van der Waals surface area contributed by atoms with E-state index in [1.807, 2.05) is 0 Å². The summed E-state index contributed by atoms with van der Waals surface area (Å²) in [7, 11) is -0.179. The molecule has 0 saturated heterocycles. The van der Waals surface area contributed by atoms with Crippen LogP contribution in [0.2, 0.25) is 0 Å². The first kappa shape index (κ1) is 29.4. The number of rotatable bonds is 10. The topological polar surface area (TPSA) is 35.5 Å². The van der Waals surface area contributed by atoms with Crippen LogP contribution in [0.25, 0.3) is 0 Å². The van der Waals surface area contributed by atoms with Gasteiger partial charge in [0.15, 0.2) is 14.7 Å². The third kappa shape index (κ3) is 5.76. The van der Waals surface area contributed by atoms with E-state index in [2.05, 4.69) is 120 Å². The molecule has 4 bridgehead atoms. The molecule has 3 aromatic carbocycles. The highest BCUT2D eigenvalue weighted by Crippen LogP contribution is 2.60. The van der Waals surface area contributed by atoms with Gasteiger partial charge in [-0.25, -0.2) is 0 Å². The van der Waals surface area contributed by atoms with Gasteiger partial charge >= 0.3 is 5.97 Å². The first-order valence-electron chi connectivity index (χ1n) is 16.0. The SMILES string of the molecule is CC(C)CC(C)(C(=O)OC12CC3CC(C1)CC(Oc1ccc([S+](c4ccccc4)c4ccccc4)cc1)(C3)C2)C(C)C. The van der Waals surface area contributed by atoms with Gasteiger partial charge in [0.2, 0.25) is 0 Å². The summed E-state index contributed by atoms with van der Waals surface area (Å²) >= 11 is 0. The average molecular weight is 584 g/mol. The molecule has 3 atom stereocenters. The van der Waals surface area contributed by atoms with E-state index in [1.54, 1.807) is 0 Å². The van der Waals surface area contributed by atoms with Gasteiger partial charge in [-0.1, -0.05) is 64.1 Å². The van der Waals surface area contributed by atoms with Crippen LogP contribution in [0.5, 0.6) is 5.75 Å². The Kier molecular flexibility index (Phi) is 7.98. The van der Waals surface area contributed by atoms with Crippen molar-refractivity contribution in [1.29, 1.82) is 0 Å². The molecule has 0 radical (unpaired) electrons. The molecule has 3 aromatic rings. The summed E-state index contributed by atoms with van der Waals surface area (Å²) in [4.78, 5) is 17.8. The number of benzene rings is 3. The standard InChI is InChI=1S/C38H47O3S/c1-27(2)21-36(5,28(3)4)35(39)41-38-24-29-20-30(25-38)23-37(22-29,26-38)40-31-16-18-34(19-17-31)42(32-12-8-6-9-13-32)33-14-10-7-11-15-33/h6-19,27-30H,20-26H2,1-5H3/q+1. The molecular weight excluding hydrogens is 536 g/mol. The van der Waals surface area contributed by atoms with Crippen LogP contribution < -0.4 is 4.74 Å². The van der Waals surface area contributed by atoms with Crippen molar-refractivity contribution in [1.82, 2.24) is 0 Å². The van der Waals surface area contributed by atoms with Crippen LogP contribution in [-0.2, 0) is 20.4 Å². The van der Waals surface area contributed by atoms with Crippen LogP contribution in [0, 0.1) is 29.1 Å². The molecule has 4 aliphatic rings. The Labute approximate surface area is 255 Å². The Morgan fingerprint density at radius 2 is 1.29 bits per heavy atom. The van der Waals surface area contributed by atoms with E-state index in [9.17, 15) is 4.79 Å². The average Bonchev–Trinajstić information content (AvgIpc) is 2.93. The smallest absolute Gasteiger partial charge is 0.312 e. The minimum Gasteiger partial charge on any atom is -0.487 e. The lowest BCUT2D eigenvalue weighted by atomic mass is 9.52. The maximum Gasteiger partial charge on any atom is 0.312 e. The molecule has 3 unspecified atom stereocenters. The Morgan fingerprint density at radius 1 is 0.786 bits per heavy atom. The lowest BCUT2D eigenvalue weighted by Crippen LogP contribution is -2.63. The Bertz CT molecular complexity index is 1310. The van der Waals surface area contributed by atoms with Crippen LogP contribution >= 0.6 is 0 Å². The van der Waals surface area contributed by atoms with Crippen molar-refractivity contribution < 1.29 is 14.3 Å². The summed E-state index contributed by atoms with van der Waals surface area (Å²) in [6.07, 6.45) is 7.03. The van der Waals surface area contributed by atoms with E-state index in [-0.39, 0.29) is 34.0 Å². The molecule has 7 rings (SSSR count). The summed E-state index contributed by atoms with van der Waals surface area (Å²) in [5.41, 5.74) is -1.10. The molecule has 0 spiro atoms. The van der Waals surface area contributed by atoms with Crippen LogP contribution in [-0.4, -0.2) is 17.2 Å². The molecule has 0 amide bonds. The van der Waals surface area contributed by atoms with E-state index in [4.69, 9.17) is 9.47 Å². The number of esters is 1. The Hall–Kier alpha value is -2.72. The Morgan fingerprint density at radius 3 is 1.79 bits per heavy atom. The molecule has 4 fully saturated rings. The minimum absolute atomic E-state index is 0.00140. The highest BCUT2D eigenvalue weighted by molar-refractivity contribution is 7.97. The maximum atomic E-state index is 13.9. The largest absolute Gasteiger partial charge is 0.487 e. The van der Waals surface area contributed by atoms with E-state index in [1.165, 1.54) is 21.1 Å². The van der Waals surface area contributed by atoms with Crippen molar-refractivity contribution in [2.75, 3.05) is 0 Å². The van der Waals surface area contributed by atoms with Gasteiger partial charge in [-0.05, 0) is 118 Å². The highest BCUT2D eigenvalue weighted by Gasteiger charge is 2.62. The molecule has 0 N–H and O–H groups in total. The molecular formula is C38H47O3S+. The van der Waals surface area contributed by atoms with Gasteiger partial charge in [-0.2, -0.15) is 0 Å². The molecule has 42 heavy (non-hydrogen) atoms. The van der Waals surface area contributed by atoms with Gasteiger partial charge in [0.25, 0.3) is 0 Å². The van der Waals surface area contributed by atoms with Gasteiger partial charge in [-0.15, -0.1) is 0 Å². The minimum atomic E-state index is -0.462. The monoisotopic (exact) mass is 583 g/mol. The predicted octanol–water partition coefficient (Wildman–Crippen LogP) is 9.50. The molecule has 4 saturated carbocycles. The summed E-state index contributed by atoms with van der Waals surface area (Å²) in [6.45, 7) is 10.9.